The van der Waals surface area contributed by atoms with Gasteiger partial charge in [0.1, 0.15) is 5.69 Å². The van der Waals surface area contributed by atoms with Crippen LogP contribution in [0.1, 0.15) is 23.3 Å². The lowest BCUT2D eigenvalue weighted by Gasteiger charge is -2.34. The topological polar surface area (TPSA) is 106 Å². The van der Waals surface area contributed by atoms with Gasteiger partial charge in [0.25, 0.3) is 11.5 Å². The minimum absolute atomic E-state index is 0.0221. The second-order valence-electron chi connectivity index (χ2n) is 4.68. The van der Waals surface area contributed by atoms with Crippen LogP contribution in [0, 0.1) is 5.92 Å². The maximum atomic E-state index is 11.9. The zero-order valence-electron chi connectivity index (χ0n) is 9.97. The summed E-state index contributed by atoms with van der Waals surface area (Å²) in [6.07, 6.45) is 1.10. The van der Waals surface area contributed by atoms with Crippen molar-refractivity contribution in [1.82, 2.24) is 14.9 Å². The van der Waals surface area contributed by atoms with E-state index < -0.39 is 17.2 Å². The van der Waals surface area contributed by atoms with Crippen LogP contribution in [0.4, 0.5) is 0 Å². The third kappa shape index (κ3) is 2.67. The molecule has 0 unspecified atom stereocenters. The van der Waals surface area contributed by atoms with Crippen molar-refractivity contribution in [3.8, 4) is 0 Å². The molecule has 0 saturated heterocycles. The van der Waals surface area contributed by atoms with E-state index in [2.05, 4.69) is 4.98 Å². The van der Waals surface area contributed by atoms with Crippen LogP contribution in [-0.2, 0) is 0 Å². The lowest BCUT2D eigenvalue weighted by Crippen LogP contribution is -2.40. The standard InChI is InChI=1S/C11H15N3O4/c1-14(5-6-2-7(15)3-6)10(17)8-4-9(16)13-11(18)12-8/h4,6-7,15H,2-3,5H2,1H3,(H2,12,13,16,18). The van der Waals surface area contributed by atoms with E-state index in [1.54, 1.807) is 7.05 Å². The van der Waals surface area contributed by atoms with Gasteiger partial charge in [0.2, 0.25) is 0 Å². The predicted octanol–water partition coefficient (Wildman–Crippen LogP) is -1.09. The number of hydrogen-bond donors (Lipinski definition) is 3. The van der Waals surface area contributed by atoms with Gasteiger partial charge in [-0.15, -0.1) is 0 Å². The number of nitrogens with zero attached hydrogens (tertiary/aromatic N) is 1. The Bertz CT molecular complexity index is 528. The maximum Gasteiger partial charge on any atom is 0.326 e. The number of nitrogens with one attached hydrogen (secondary N) is 2. The first-order chi connectivity index (χ1) is 8.45. The van der Waals surface area contributed by atoms with Crippen LogP contribution in [0.15, 0.2) is 15.7 Å². The first kappa shape index (κ1) is 12.6. The molecule has 0 aliphatic heterocycles. The van der Waals surface area contributed by atoms with Gasteiger partial charge in [-0.1, -0.05) is 0 Å². The van der Waals surface area contributed by atoms with Crippen LogP contribution in [-0.4, -0.2) is 45.6 Å². The number of aliphatic hydroxyl groups is 1. The number of aromatic nitrogens is 2. The van der Waals surface area contributed by atoms with Crippen molar-refractivity contribution >= 4 is 5.91 Å². The molecule has 0 aromatic carbocycles. The van der Waals surface area contributed by atoms with Gasteiger partial charge in [-0.2, -0.15) is 0 Å². The molecule has 7 heteroatoms. The molecule has 2 rings (SSSR count). The van der Waals surface area contributed by atoms with Gasteiger partial charge >= 0.3 is 5.69 Å². The Labute approximate surface area is 102 Å². The average Bonchev–Trinajstić information content (AvgIpc) is 2.24. The fourth-order valence-electron chi connectivity index (χ4n) is 2.11. The summed E-state index contributed by atoms with van der Waals surface area (Å²) in [5.41, 5.74) is -1.32. The SMILES string of the molecule is CN(CC1CC(O)C1)C(=O)c1cc(=O)[nH]c(=O)[nH]1. The van der Waals surface area contributed by atoms with Crippen LogP contribution in [0.25, 0.3) is 0 Å². The highest BCUT2D eigenvalue weighted by Crippen LogP contribution is 2.27. The first-order valence-corrected chi connectivity index (χ1v) is 5.73. The largest absolute Gasteiger partial charge is 0.393 e. The summed E-state index contributed by atoms with van der Waals surface area (Å²) < 4.78 is 0. The number of H-pyrrole nitrogens is 2. The molecule has 1 saturated carbocycles. The molecular formula is C11H15N3O4. The summed E-state index contributed by atoms with van der Waals surface area (Å²) in [5, 5.41) is 9.16. The molecule has 1 aromatic heterocycles. The van der Waals surface area contributed by atoms with Crippen LogP contribution >= 0.6 is 0 Å². The molecule has 1 heterocycles. The Morgan fingerprint density at radius 1 is 1.44 bits per heavy atom. The van der Waals surface area contributed by atoms with Crippen LogP contribution in [0.3, 0.4) is 0 Å². The average molecular weight is 253 g/mol. The lowest BCUT2D eigenvalue weighted by molar-refractivity contribution is 0.0264. The monoisotopic (exact) mass is 253 g/mol. The number of hydrogen-bond acceptors (Lipinski definition) is 4. The van der Waals surface area contributed by atoms with Crippen LogP contribution < -0.4 is 11.2 Å². The van der Waals surface area contributed by atoms with Crippen LogP contribution in [0.2, 0.25) is 0 Å². The quantitative estimate of drug-likeness (QED) is 0.636. The van der Waals surface area contributed by atoms with Gasteiger partial charge in [-0.05, 0) is 18.8 Å². The minimum Gasteiger partial charge on any atom is -0.393 e. The van der Waals surface area contributed by atoms with E-state index >= 15 is 0 Å². The van der Waals surface area contributed by atoms with Gasteiger partial charge in [0, 0.05) is 19.7 Å². The third-order valence-corrected chi connectivity index (χ3v) is 3.08. The first-order valence-electron chi connectivity index (χ1n) is 5.73. The van der Waals surface area contributed by atoms with Crippen molar-refractivity contribution < 1.29 is 9.90 Å². The molecule has 0 atom stereocenters. The smallest absolute Gasteiger partial charge is 0.326 e. The molecule has 1 amide bonds. The molecule has 0 radical (unpaired) electrons. The zero-order valence-corrected chi connectivity index (χ0v) is 9.97. The Morgan fingerprint density at radius 2 is 2.11 bits per heavy atom. The van der Waals surface area contributed by atoms with Crippen molar-refractivity contribution in [3.05, 3.63) is 32.6 Å². The summed E-state index contributed by atoms with van der Waals surface area (Å²) in [5.74, 6) is -0.123. The molecule has 3 N–H and O–H groups in total. The molecule has 18 heavy (non-hydrogen) atoms. The summed E-state index contributed by atoms with van der Waals surface area (Å²) in [4.78, 5) is 39.8. The number of aromatic amines is 2. The second-order valence-corrected chi connectivity index (χ2v) is 4.68. The molecule has 1 fully saturated rings. The summed E-state index contributed by atoms with van der Waals surface area (Å²) in [6.45, 7) is 0.505. The summed E-state index contributed by atoms with van der Waals surface area (Å²) in [6, 6.07) is 1.07. The van der Waals surface area contributed by atoms with E-state index in [1.807, 2.05) is 4.98 Å². The fourth-order valence-corrected chi connectivity index (χ4v) is 2.11. The second kappa shape index (κ2) is 4.77. The van der Waals surface area contributed by atoms with Crippen molar-refractivity contribution in [3.63, 3.8) is 0 Å². The Morgan fingerprint density at radius 3 is 2.67 bits per heavy atom. The summed E-state index contributed by atoms with van der Waals surface area (Å²) in [7, 11) is 1.60. The van der Waals surface area contributed by atoms with E-state index in [4.69, 9.17) is 5.11 Å². The summed E-state index contributed by atoms with van der Waals surface area (Å²) >= 11 is 0. The maximum absolute atomic E-state index is 11.9. The predicted molar refractivity (Wildman–Crippen MR) is 63.4 cm³/mol. The molecule has 1 aliphatic carbocycles. The Hall–Kier alpha value is -1.89. The molecule has 1 aliphatic rings. The van der Waals surface area contributed by atoms with E-state index in [0.717, 1.165) is 6.07 Å². The number of carbonyl (C=O) groups is 1. The normalized spacial score (nSPS) is 22.3. The highest BCUT2D eigenvalue weighted by Gasteiger charge is 2.29. The van der Waals surface area contributed by atoms with Gasteiger partial charge in [0.05, 0.1) is 6.10 Å². The highest BCUT2D eigenvalue weighted by atomic mass is 16.3. The van der Waals surface area contributed by atoms with E-state index in [0.29, 0.717) is 19.4 Å². The number of carbonyl (C=O) groups excluding carboxylic acids is 1. The lowest BCUT2D eigenvalue weighted by atomic mass is 9.82. The third-order valence-electron chi connectivity index (χ3n) is 3.08. The Kier molecular flexibility index (Phi) is 3.33. The number of rotatable bonds is 3. The molecule has 7 nitrogen and oxygen atoms in total. The van der Waals surface area contributed by atoms with E-state index in [9.17, 15) is 14.4 Å². The Balaban J connectivity index is 2.05. The van der Waals surface area contributed by atoms with Gasteiger partial charge in [0.15, 0.2) is 0 Å². The fraction of sp³-hybridized carbons (Fsp3) is 0.545. The number of aliphatic hydroxyl groups excluding tert-OH is 1. The minimum atomic E-state index is -0.696. The molecule has 1 aromatic rings. The van der Waals surface area contributed by atoms with Crippen LogP contribution in [0.5, 0.6) is 0 Å². The number of amides is 1. The molecule has 98 valence electrons. The molecule has 0 spiro atoms. The van der Waals surface area contributed by atoms with E-state index in [-0.39, 0.29) is 17.7 Å². The van der Waals surface area contributed by atoms with Gasteiger partial charge < -0.3 is 15.0 Å². The molecular weight excluding hydrogens is 238 g/mol. The highest BCUT2D eigenvalue weighted by molar-refractivity contribution is 5.91. The van der Waals surface area contributed by atoms with E-state index in [1.165, 1.54) is 4.90 Å². The van der Waals surface area contributed by atoms with Crippen molar-refractivity contribution in [2.24, 2.45) is 5.92 Å². The van der Waals surface area contributed by atoms with Gasteiger partial charge in [-0.25, -0.2) is 4.79 Å². The van der Waals surface area contributed by atoms with Crippen molar-refractivity contribution in [2.45, 2.75) is 18.9 Å². The van der Waals surface area contributed by atoms with Crippen molar-refractivity contribution in [1.29, 1.82) is 0 Å². The molecule has 0 bridgehead atoms. The zero-order chi connectivity index (χ0) is 13.3. The van der Waals surface area contributed by atoms with Gasteiger partial charge in [-0.3, -0.25) is 14.6 Å². The van der Waals surface area contributed by atoms with Crippen molar-refractivity contribution in [2.75, 3.05) is 13.6 Å².